The fraction of sp³-hybridized carbons (Fsp3) is 0.211. The van der Waals surface area contributed by atoms with Crippen LogP contribution in [0.1, 0.15) is 15.9 Å². The molecule has 1 amide bonds. The quantitative estimate of drug-likeness (QED) is 0.458. The molecule has 27 heavy (non-hydrogen) atoms. The van der Waals surface area contributed by atoms with Gasteiger partial charge in [-0.2, -0.15) is 0 Å². The van der Waals surface area contributed by atoms with Crippen LogP contribution in [-0.2, 0) is 9.47 Å². The molecule has 1 unspecified atom stereocenters. The number of amides is 1. The van der Waals surface area contributed by atoms with Gasteiger partial charge in [-0.1, -0.05) is 18.2 Å². The molecule has 1 aliphatic rings. The van der Waals surface area contributed by atoms with Gasteiger partial charge in [-0.3, -0.25) is 10.3 Å². The number of benzene rings is 2. The summed E-state index contributed by atoms with van der Waals surface area (Å²) < 4.78 is 15.7. The van der Waals surface area contributed by atoms with Crippen molar-refractivity contribution in [2.24, 2.45) is 5.73 Å². The standard InChI is InChI=1S/C19H19N3O5/c1-25-18(23)13-5-3-7-15(9-13)26-11-16-10-22(19(24)27-16)14-6-2-4-12(8-14)17(20)21/h2-9,16H,10-11H2,1H3,(H3,20,21). The summed E-state index contributed by atoms with van der Waals surface area (Å²) in [5.41, 5.74) is 7.00. The smallest absolute Gasteiger partial charge is 0.414 e. The molecule has 8 nitrogen and oxygen atoms in total. The lowest BCUT2D eigenvalue weighted by atomic mass is 10.1. The second-order valence-electron chi connectivity index (χ2n) is 5.91. The van der Waals surface area contributed by atoms with E-state index < -0.39 is 18.2 Å². The zero-order valence-electron chi connectivity index (χ0n) is 14.7. The van der Waals surface area contributed by atoms with Crippen LogP contribution in [0.2, 0.25) is 0 Å². The molecule has 0 aliphatic carbocycles. The Bertz CT molecular complexity index is 883. The molecular weight excluding hydrogens is 350 g/mol. The molecule has 8 heteroatoms. The van der Waals surface area contributed by atoms with Gasteiger partial charge in [-0.15, -0.1) is 0 Å². The Morgan fingerprint density at radius 3 is 2.74 bits per heavy atom. The van der Waals surface area contributed by atoms with Gasteiger partial charge in [0.1, 0.15) is 18.2 Å². The summed E-state index contributed by atoms with van der Waals surface area (Å²) in [6, 6.07) is 13.4. The molecule has 0 bridgehead atoms. The Morgan fingerprint density at radius 1 is 1.26 bits per heavy atom. The van der Waals surface area contributed by atoms with E-state index in [1.165, 1.54) is 12.0 Å². The van der Waals surface area contributed by atoms with Crippen molar-refractivity contribution in [1.82, 2.24) is 0 Å². The maximum Gasteiger partial charge on any atom is 0.414 e. The monoisotopic (exact) mass is 369 g/mol. The number of carbonyl (C=O) groups excluding carboxylic acids is 2. The molecule has 0 spiro atoms. The van der Waals surface area contributed by atoms with Gasteiger partial charge >= 0.3 is 12.1 Å². The highest BCUT2D eigenvalue weighted by molar-refractivity contribution is 5.97. The van der Waals surface area contributed by atoms with Crippen molar-refractivity contribution in [3.63, 3.8) is 0 Å². The molecule has 1 atom stereocenters. The first-order valence-electron chi connectivity index (χ1n) is 8.21. The summed E-state index contributed by atoms with van der Waals surface area (Å²) in [6.45, 7) is 0.441. The van der Waals surface area contributed by atoms with Crippen LogP contribution in [0, 0.1) is 5.41 Å². The SMILES string of the molecule is COC(=O)c1cccc(OCC2CN(c3cccc(C(=N)N)c3)C(=O)O2)c1. The number of nitrogens with zero attached hydrogens (tertiary/aromatic N) is 1. The first-order chi connectivity index (χ1) is 13.0. The number of esters is 1. The maximum absolute atomic E-state index is 12.2. The van der Waals surface area contributed by atoms with E-state index in [2.05, 4.69) is 4.74 Å². The molecule has 0 radical (unpaired) electrons. The first kappa shape index (κ1) is 18.2. The average molecular weight is 369 g/mol. The number of rotatable bonds is 6. The summed E-state index contributed by atoms with van der Waals surface area (Å²) in [6.07, 6.45) is -0.965. The van der Waals surface area contributed by atoms with Gasteiger partial charge in [0.05, 0.1) is 19.2 Å². The van der Waals surface area contributed by atoms with Crippen LogP contribution < -0.4 is 15.4 Å². The maximum atomic E-state index is 12.2. The van der Waals surface area contributed by atoms with E-state index in [0.717, 1.165) is 0 Å². The van der Waals surface area contributed by atoms with Crippen molar-refractivity contribution < 1.29 is 23.8 Å². The van der Waals surface area contributed by atoms with Gasteiger partial charge in [0.25, 0.3) is 0 Å². The van der Waals surface area contributed by atoms with E-state index in [0.29, 0.717) is 29.1 Å². The number of cyclic esters (lactones) is 1. The van der Waals surface area contributed by atoms with Crippen molar-refractivity contribution in [2.45, 2.75) is 6.10 Å². The van der Waals surface area contributed by atoms with Gasteiger partial charge < -0.3 is 19.9 Å². The molecular formula is C19H19N3O5. The molecule has 1 aliphatic heterocycles. The second kappa shape index (κ2) is 7.77. The number of nitrogen functional groups attached to an aromatic ring is 1. The van der Waals surface area contributed by atoms with Crippen LogP contribution in [0.3, 0.4) is 0 Å². The molecule has 0 saturated carbocycles. The molecule has 2 aromatic carbocycles. The van der Waals surface area contributed by atoms with Crippen molar-refractivity contribution in [3.05, 3.63) is 59.7 Å². The lowest BCUT2D eigenvalue weighted by Crippen LogP contribution is -2.27. The van der Waals surface area contributed by atoms with E-state index in [4.69, 9.17) is 20.6 Å². The third kappa shape index (κ3) is 4.17. The molecule has 140 valence electrons. The Hall–Kier alpha value is -3.55. The van der Waals surface area contributed by atoms with Crippen LogP contribution in [0.4, 0.5) is 10.5 Å². The molecule has 1 saturated heterocycles. The first-order valence-corrected chi connectivity index (χ1v) is 8.21. The molecule has 3 N–H and O–H groups in total. The van der Waals surface area contributed by atoms with Gasteiger partial charge in [0.2, 0.25) is 0 Å². The number of ether oxygens (including phenoxy) is 3. The molecule has 1 heterocycles. The highest BCUT2D eigenvalue weighted by atomic mass is 16.6. The third-order valence-corrected chi connectivity index (χ3v) is 4.03. The normalized spacial score (nSPS) is 16.0. The number of hydrogen-bond donors (Lipinski definition) is 2. The van der Waals surface area contributed by atoms with Crippen LogP contribution >= 0.6 is 0 Å². The zero-order chi connectivity index (χ0) is 19.4. The van der Waals surface area contributed by atoms with Crippen molar-refractivity contribution >= 4 is 23.6 Å². The number of anilines is 1. The Morgan fingerprint density at radius 2 is 2.00 bits per heavy atom. The number of hydrogen-bond acceptors (Lipinski definition) is 6. The summed E-state index contributed by atoms with van der Waals surface area (Å²) >= 11 is 0. The Balaban J connectivity index is 1.64. The fourth-order valence-electron chi connectivity index (χ4n) is 2.68. The van der Waals surface area contributed by atoms with Gasteiger partial charge in [-0.05, 0) is 30.3 Å². The second-order valence-corrected chi connectivity index (χ2v) is 5.91. The summed E-state index contributed by atoms with van der Waals surface area (Å²) in [5, 5.41) is 7.51. The van der Waals surface area contributed by atoms with Crippen molar-refractivity contribution in [1.29, 1.82) is 5.41 Å². The van der Waals surface area contributed by atoms with E-state index in [-0.39, 0.29) is 12.4 Å². The minimum absolute atomic E-state index is 0.0743. The number of nitrogens with two attached hydrogens (primary N) is 1. The van der Waals surface area contributed by atoms with Gasteiger partial charge in [0, 0.05) is 11.3 Å². The van der Waals surface area contributed by atoms with Crippen LogP contribution in [0.25, 0.3) is 0 Å². The van der Waals surface area contributed by atoms with Crippen LogP contribution in [-0.4, -0.2) is 44.3 Å². The number of carbonyl (C=O) groups is 2. The summed E-state index contributed by atoms with van der Waals surface area (Å²) in [4.78, 5) is 25.2. The topological polar surface area (TPSA) is 115 Å². The number of nitrogens with one attached hydrogen (secondary N) is 1. The summed E-state index contributed by atoms with van der Waals surface area (Å²) in [5.74, 6) is -0.0509. The Labute approximate surface area is 155 Å². The van der Waals surface area contributed by atoms with E-state index in [1.54, 1.807) is 48.5 Å². The highest BCUT2D eigenvalue weighted by Gasteiger charge is 2.33. The lowest BCUT2D eigenvalue weighted by molar-refractivity contribution is 0.0600. The van der Waals surface area contributed by atoms with E-state index in [1.807, 2.05) is 0 Å². The minimum Gasteiger partial charge on any atom is -0.490 e. The zero-order valence-corrected chi connectivity index (χ0v) is 14.7. The van der Waals surface area contributed by atoms with E-state index >= 15 is 0 Å². The van der Waals surface area contributed by atoms with Crippen molar-refractivity contribution in [2.75, 3.05) is 25.2 Å². The van der Waals surface area contributed by atoms with Crippen molar-refractivity contribution in [3.8, 4) is 5.75 Å². The Kier molecular flexibility index (Phi) is 5.25. The molecule has 1 fully saturated rings. The van der Waals surface area contributed by atoms with E-state index in [9.17, 15) is 9.59 Å². The largest absolute Gasteiger partial charge is 0.490 e. The highest BCUT2D eigenvalue weighted by Crippen LogP contribution is 2.23. The van der Waals surface area contributed by atoms with Crippen LogP contribution in [0.15, 0.2) is 48.5 Å². The van der Waals surface area contributed by atoms with Crippen LogP contribution in [0.5, 0.6) is 5.75 Å². The number of methoxy groups -OCH3 is 1. The lowest BCUT2D eigenvalue weighted by Gasteiger charge is -2.14. The number of amidine groups is 1. The predicted octanol–water partition coefficient (Wildman–Crippen LogP) is 2.16. The third-order valence-electron chi connectivity index (χ3n) is 4.03. The molecule has 2 aromatic rings. The summed E-state index contributed by atoms with van der Waals surface area (Å²) in [7, 11) is 1.31. The average Bonchev–Trinajstić information content (AvgIpc) is 3.06. The molecule has 0 aromatic heterocycles. The van der Waals surface area contributed by atoms with Gasteiger partial charge in [0.15, 0.2) is 6.10 Å². The predicted molar refractivity (Wildman–Crippen MR) is 98.3 cm³/mol. The van der Waals surface area contributed by atoms with Gasteiger partial charge in [-0.25, -0.2) is 9.59 Å². The molecule has 3 rings (SSSR count). The fourth-order valence-corrected chi connectivity index (χ4v) is 2.68. The minimum atomic E-state index is -0.493.